The van der Waals surface area contributed by atoms with Gasteiger partial charge in [-0.3, -0.25) is 14.6 Å². The molecule has 11 heteroatoms. The van der Waals surface area contributed by atoms with E-state index in [1.54, 1.807) is 19.2 Å². The van der Waals surface area contributed by atoms with Crippen LogP contribution in [0.2, 0.25) is 5.02 Å². The fourth-order valence-electron chi connectivity index (χ4n) is 5.08. The lowest BCUT2D eigenvalue weighted by Crippen LogP contribution is -2.36. The largest absolute Gasteiger partial charge is 0.480 e. The van der Waals surface area contributed by atoms with Crippen LogP contribution >= 0.6 is 11.6 Å². The van der Waals surface area contributed by atoms with Crippen molar-refractivity contribution < 1.29 is 13.9 Å². The van der Waals surface area contributed by atoms with Crippen LogP contribution in [-0.2, 0) is 18.4 Å². The Bertz CT molecular complexity index is 1370. The lowest BCUT2D eigenvalue weighted by molar-refractivity contribution is -0.118. The van der Waals surface area contributed by atoms with Crippen LogP contribution in [0.3, 0.4) is 0 Å². The molecule has 1 fully saturated rings. The third kappa shape index (κ3) is 4.87. The summed E-state index contributed by atoms with van der Waals surface area (Å²) in [4.78, 5) is 34.3. The second-order valence-corrected chi connectivity index (χ2v) is 9.91. The molecular formula is C25H28ClFN6O3. The molecule has 1 amide bonds. The maximum atomic E-state index is 14.8. The van der Waals surface area contributed by atoms with Gasteiger partial charge in [-0.15, -0.1) is 0 Å². The highest BCUT2D eigenvalue weighted by atomic mass is 35.5. The van der Waals surface area contributed by atoms with E-state index in [2.05, 4.69) is 20.6 Å². The average molecular weight is 515 g/mol. The second kappa shape index (κ2) is 10.0. The minimum absolute atomic E-state index is 0.0385. The van der Waals surface area contributed by atoms with E-state index in [-0.39, 0.29) is 18.1 Å². The molecule has 3 aromatic heterocycles. The number of nitrogens with zero attached hydrogens (tertiary/aromatic N) is 4. The highest BCUT2D eigenvalue weighted by Gasteiger charge is 2.25. The maximum Gasteiger partial charge on any atom is 0.263 e. The molecule has 1 aliphatic heterocycles. The SMILES string of the molecule is CN(CC1CCC(NCc2nc3c(cc2Cl)OCC(=O)N3)CC1)c1c(F)cnc2ccc(=O)n(C)c12. The van der Waals surface area contributed by atoms with Gasteiger partial charge in [0.1, 0.15) is 5.69 Å². The average Bonchev–Trinajstić information content (AvgIpc) is 2.86. The smallest absolute Gasteiger partial charge is 0.263 e. The number of fused-ring (bicyclic) bond motifs is 2. The molecule has 0 unspecified atom stereocenters. The fraction of sp³-hybridized carbons (Fsp3) is 0.440. The molecule has 3 aromatic rings. The van der Waals surface area contributed by atoms with Gasteiger partial charge < -0.3 is 24.8 Å². The summed E-state index contributed by atoms with van der Waals surface area (Å²) in [5.74, 6) is 0.604. The van der Waals surface area contributed by atoms with Crippen LogP contribution in [0.5, 0.6) is 5.75 Å². The van der Waals surface area contributed by atoms with Crippen LogP contribution in [0, 0.1) is 11.7 Å². The molecule has 5 rings (SSSR count). The van der Waals surface area contributed by atoms with E-state index in [1.807, 2.05) is 11.9 Å². The van der Waals surface area contributed by atoms with Gasteiger partial charge >= 0.3 is 0 Å². The van der Waals surface area contributed by atoms with Gasteiger partial charge in [-0.1, -0.05) is 11.6 Å². The monoisotopic (exact) mass is 514 g/mol. The number of carbonyl (C=O) groups excluding carboxylic acids is 1. The second-order valence-electron chi connectivity index (χ2n) is 9.50. The highest BCUT2D eigenvalue weighted by molar-refractivity contribution is 6.31. The van der Waals surface area contributed by atoms with Crippen molar-refractivity contribution in [2.75, 3.05) is 30.4 Å². The van der Waals surface area contributed by atoms with Gasteiger partial charge in [0.05, 0.1) is 27.9 Å². The van der Waals surface area contributed by atoms with Gasteiger partial charge in [0.25, 0.3) is 11.5 Å². The van der Waals surface area contributed by atoms with E-state index >= 15 is 0 Å². The molecule has 1 saturated carbocycles. The van der Waals surface area contributed by atoms with Crippen molar-refractivity contribution in [1.29, 1.82) is 0 Å². The first-order valence-electron chi connectivity index (χ1n) is 12.0. The van der Waals surface area contributed by atoms with Crippen LogP contribution in [0.15, 0.2) is 29.2 Å². The van der Waals surface area contributed by atoms with Gasteiger partial charge in [-0.2, -0.15) is 0 Å². The Kier molecular flexibility index (Phi) is 6.81. The van der Waals surface area contributed by atoms with Gasteiger partial charge in [-0.05, 0) is 37.7 Å². The quantitative estimate of drug-likeness (QED) is 0.520. The number of halogens is 2. The summed E-state index contributed by atoms with van der Waals surface area (Å²) < 4.78 is 21.7. The van der Waals surface area contributed by atoms with Crippen LogP contribution in [-0.4, -0.2) is 46.7 Å². The molecule has 9 nitrogen and oxygen atoms in total. The lowest BCUT2D eigenvalue weighted by Gasteiger charge is -2.33. The fourth-order valence-corrected chi connectivity index (χ4v) is 5.29. The zero-order chi connectivity index (χ0) is 25.4. The first-order valence-corrected chi connectivity index (χ1v) is 12.4. The number of aryl methyl sites for hydroxylation is 1. The molecule has 190 valence electrons. The molecule has 0 atom stereocenters. The highest BCUT2D eigenvalue weighted by Crippen LogP contribution is 2.32. The Balaban J connectivity index is 1.19. The third-order valence-corrected chi connectivity index (χ3v) is 7.34. The first kappa shape index (κ1) is 24.5. The summed E-state index contributed by atoms with van der Waals surface area (Å²) in [7, 11) is 3.51. The van der Waals surface area contributed by atoms with Gasteiger partial charge in [0.2, 0.25) is 0 Å². The lowest BCUT2D eigenvalue weighted by atomic mass is 9.85. The first-order chi connectivity index (χ1) is 17.3. The van der Waals surface area contributed by atoms with E-state index < -0.39 is 5.82 Å². The van der Waals surface area contributed by atoms with Gasteiger partial charge in [0.15, 0.2) is 24.0 Å². The Morgan fingerprint density at radius 1 is 1.28 bits per heavy atom. The molecule has 36 heavy (non-hydrogen) atoms. The van der Waals surface area contributed by atoms with Crippen LogP contribution in [0.1, 0.15) is 31.4 Å². The van der Waals surface area contributed by atoms with Gasteiger partial charge in [0, 0.05) is 45.4 Å². The number of hydrogen-bond donors (Lipinski definition) is 2. The molecule has 0 bridgehead atoms. The van der Waals surface area contributed by atoms with E-state index in [4.69, 9.17) is 16.3 Å². The number of aromatic nitrogens is 3. The van der Waals surface area contributed by atoms with Crippen molar-refractivity contribution >= 4 is 40.0 Å². The minimum Gasteiger partial charge on any atom is -0.480 e. The number of anilines is 2. The van der Waals surface area contributed by atoms with E-state index in [0.29, 0.717) is 64.1 Å². The Morgan fingerprint density at radius 3 is 2.83 bits per heavy atom. The molecule has 0 radical (unpaired) electrons. The van der Waals surface area contributed by atoms with Crippen LogP contribution in [0.4, 0.5) is 15.9 Å². The summed E-state index contributed by atoms with van der Waals surface area (Å²) in [5, 5.41) is 6.73. The van der Waals surface area contributed by atoms with E-state index in [9.17, 15) is 14.0 Å². The molecule has 1 aliphatic carbocycles. The minimum atomic E-state index is -0.433. The summed E-state index contributed by atoms with van der Waals surface area (Å²) in [5.41, 5.74) is 1.98. The summed E-state index contributed by atoms with van der Waals surface area (Å²) >= 11 is 6.37. The maximum absolute atomic E-state index is 14.8. The molecular weight excluding hydrogens is 487 g/mol. The van der Waals surface area contributed by atoms with Crippen molar-refractivity contribution in [1.82, 2.24) is 19.9 Å². The van der Waals surface area contributed by atoms with Gasteiger partial charge in [-0.25, -0.2) is 9.37 Å². The predicted octanol–water partition coefficient (Wildman–Crippen LogP) is 3.24. The van der Waals surface area contributed by atoms with Crippen molar-refractivity contribution in [3.05, 3.63) is 51.3 Å². The predicted molar refractivity (Wildman–Crippen MR) is 136 cm³/mol. The Morgan fingerprint density at radius 2 is 2.06 bits per heavy atom. The Hall–Kier alpha value is -3.24. The molecule has 0 aromatic carbocycles. The number of carbonyl (C=O) groups is 1. The van der Waals surface area contributed by atoms with E-state index in [1.165, 1.54) is 16.8 Å². The number of ether oxygens (including phenoxy) is 1. The van der Waals surface area contributed by atoms with Crippen LogP contribution in [0.25, 0.3) is 11.0 Å². The van der Waals surface area contributed by atoms with Crippen molar-refractivity contribution in [2.45, 2.75) is 38.3 Å². The van der Waals surface area contributed by atoms with Crippen molar-refractivity contribution in [3.63, 3.8) is 0 Å². The van der Waals surface area contributed by atoms with Crippen molar-refractivity contribution in [2.24, 2.45) is 13.0 Å². The zero-order valence-electron chi connectivity index (χ0n) is 20.2. The number of nitrogens with one attached hydrogen (secondary N) is 2. The topological polar surface area (TPSA) is 101 Å². The molecule has 4 heterocycles. The summed E-state index contributed by atoms with van der Waals surface area (Å²) in [6, 6.07) is 5.08. The standard InChI is InChI=1S/C25H28ClFN6O3/c1-32(23-17(27)10-29-18-7-8-22(35)33(2)24(18)23)12-14-3-5-15(6-4-14)28-11-19-16(26)9-20-25(30-19)31-21(34)13-36-20/h7-10,14-15,28H,3-6,11-13H2,1-2H3,(H,30,31,34). The number of pyridine rings is 3. The normalized spacial score (nSPS) is 19.5. The zero-order valence-corrected chi connectivity index (χ0v) is 20.9. The van der Waals surface area contributed by atoms with Crippen LogP contribution < -0.4 is 25.8 Å². The number of amides is 1. The molecule has 0 spiro atoms. The Labute approximate surface area is 212 Å². The number of rotatable bonds is 6. The molecule has 2 aliphatic rings. The van der Waals surface area contributed by atoms with Crippen molar-refractivity contribution in [3.8, 4) is 5.75 Å². The number of hydrogen-bond acceptors (Lipinski definition) is 7. The van der Waals surface area contributed by atoms with E-state index in [0.717, 1.165) is 25.7 Å². The summed E-state index contributed by atoms with van der Waals surface area (Å²) in [6.07, 6.45) is 5.14. The molecule has 0 saturated heterocycles. The summed E-state index contributed by atoms with van der Waals surface area (Å²) in [6.45, 7) is 1.13. The third-order valence-electron chi connectivity index (χ3n) is 7.01. The molecule has 2 N–H and O–H groups in total.